The van der Waals surface area contributed by atoms with Crippen LogP contribution in [0.4, 0.5) is 0 Å². The molecule has 1 aliphatic heterocycles. The van der Waals surface area contributed by atoms with E-state index in [0.717, 1.165) is 5.92 Å². The molecule has 3 atom stereocenters. The van der Waals surface area contributed by atoms with Crippen molar-refractivity contribution in [3.8, 4) is 0 Å². The molecule has 3 rings (SSSR count). The van der Waals surface area contributed by atoms with Gasteiger partial charge in [-0.2, -0.15) is 0 Å². The molecule has 18 heavy (non-hydrogen) atoms. The lowest BCUT2D eigenvalue weighted by Crippen LogP contribution is -2.47. The summed E-state index contributed by atoms with van der Waals surface area (Å²) in [6, 6.07) is 1.27. The van der Waals surface area contributed by atoms with Gasteiger partial charge in [0.25, 0.3) is 0 Å². The Morgan fingerprint density at radius 3 is 3.11 bits per heavy atom. The largest absolute Gasteiger partial charge is 0.303 e. The molecule has 0 radical (unpaired) electrons. The molecule has 1 N–H and O–H groups in total. The Kier molecular flexibility index (Phi) is 3.69. The quantitative estimate of drug-likeness (QED) is 0.786. The minimum absolute atomic E-state index is 0.591. The van der Waals surface area contributed by atoms with E-state index in [-0.39, 0.29) is 0 Å². The zero-order chi connectivity index (χ0) is 12.4. The monoisotopic (exact) mass is 243 g/mol. The first-order valence-electron chi connectivity index (χ1n) is 7.72. The minimum Gasteiger partial charge on any atom is -0.303 e. The lowest BCUT2D eigenvalue weighted by Gasteiger charge is -2.40. The van der Waals surface area contributed by atoms with Crippen molar-refractivity contribution in [1.82, 2.24) is 5.32 Å². The SMILES string of the molecule is CCCCC1CCCC2NC3CC=CC=C3C=C12. The second kappa shape index (κ2) is 5.44. The molecule has 1 saturated carbocycles. The molecule has 0 aromatic heterocycles. The molecule has 3 unspecified atom stereocenters. The molecule has 1 heterocycles. The number of nitrogens with one attached hydrogen (secondary N) is 1. The van der Waals surface area contributed by atoms with Crippen LogP contribution in [0.15, 0.2) is 35.5 Å². The molecule has 0 aromatic carbocycles. The van der Waals surface area contributed by atoms with Crippen LogP contribution in [0.1, 0.15) is 51.9 Å². The summed E-state index contributed by atoms with van der Waals surface area (Å²) in [5.74, 6) is 0.851. The summed E-state index contributed by atoms with van der Waals surface area (Å²) in [6.45, 7) is 2.30. The smallest absolute Gasteiger partial charge is 0.0360 e. The molecule has 0 bridgehead atoms. The standard InChI is InChI=1S/C17H25N/c1-2-3-7-13-9-6-11-17-15(13)12-14-8-4-5-10-16(14)18-17/h4-5,8,12-13,16-18H,2-3,6-7,9-11H2,1H3. The maximum atomic E-state index is 3.88. The van der Waals surface area contributed by atoms with E-state index in [1.54, 1.807) is 5.57 Å². The average molecular weight is 243 g/mol. The van der Waals surface area contributed by atoms with E-state index in [9.17, 15) is 0 Å². The van der Waals surface area contributed by atoms with Crippen molar-refractivity contribution in [1.29, 1.82) is 0 Å². The maximum absolute atomic E-state index is 3.88. The van der Waals surface area contributed by atoms with E-state index in [0.29, 0.717) is 12.1 Å². The van der Waals surface area contributed by atoms with E-state index in [4.69, 9.17) is 0 Å². The topological polar surface area (TPSA) is 12.0 Å². The van der Waals surface area contributed by atoms with E-state index in [1.165, 1.54) is 50.5 Å². The van der Waals surface area contributed by atoms with Crippen molar-refractivity contribution in [3.63, 3.8) is 0 Å². The maximum Gasteiger partial charge on any atom is 0.0360 e. The average Bonchev–Trinajstić information content (AvgIpc) is 2.43. The molecule has 0 aromatic rings. The fraction of sp³-hybridized carbons (Fsp3) is 0.647. The van der Waals surface area contributed by atoms with Gasteiger partial charge >= 0.3 is 0 Å². The van der Waals surface area contributed by atoms with Gasteiger partial charge in [-0.1, -0.05) is 50.5 Å². The Bertz CT molecular complexity index is 388. The summed E-state index contributed by atoms with van der Waals surface area (Å²) in [6.07, 6.45) is 18.8. The summed E-state index contributed by atoms with van der Waals surface area (Å²) >= 11 is 0. The molecule has 1 nitrogen and oxygen atoms in total. The van der Waals surface area contributed by atoms with E-state index < -0.39 is 0 Å². The van der Waals surface area contributed by atoms with Gasteiger partial charge in [-0.3, -0.25) is 0 Å². The fourth-order valence-electron chi connectivity index (χ4n) is 3.74. The van der Waals surface area contributed by atoms with Crippen molar-refractivity contribution in [2.45, 2.75) is 64.0 Å². The van der Waals surface area contributed by atoms with Crippen LogP contribution in [0.25, 0.3) is 0 Å². The Labute approximate surface area is 111 Å². The lowest BCUT2D eigenvalue weighted by molar-refractivity contribution is 0.332. The summed E-state index contributed by atoms with van der Waals surface area (Å²) in [7, 11) is 0. The van der Waals surface area contributed by atoms with Gasteiger partial charge in [0.2, 0.25) is 0 Å². The third-order valence-corrected chi connectivity index (χ3v) is 4.76. The van der Waals surface area contributed by atoms with Gasteiger partial charge in [-0.25, -0.2) is 0 Å². The Morgan fingerprint density at radius 2 is 2.22 bits per heavy atom. The molecule has 1 fully saturated rings. The van der Waals surface area contributed by atoms with Crippen LogP contribution >= 0.6 is 0 Å². The van der Waals surface area contributed by atoms with Crippen molar-refractivity contribution in [2.24, 2.45) is 5.92 Å². The van der Waals surface area contributed by atoms with E-state index in [2.05, 4.69) is 36.5 Å². The highest BCUT2D eigenvalue weighted by molar-refractivity contribution is 5.41. The van der Waals surface area contributed by atoms with Crippen LogP contribution in [0.2, 0.25) is 0 Å². The molecule has 0 spiro atoms. The first-order chi connectivity index (χ1) is 8.88. The third-order valence-electron chi connectivity index (χ3n) is 4.76. The van der Waals surface area contributed by atoms with Crippen LogP contribution in [-0.4, -0.2) is 12.1 Å². The first kappa shape index (κ1) is 12.2. The van der Waals surface area contributed by atoms with Crippen LogP contribution in [0.5, 0.6) is 0 Å². The van der Waals surface area contributed by atoms with Crippen LogP contribution in [-0.2, 0) is 0 Å². The second-order valence-electron chi connectivity index (χ2n) is 6.02. The van der Waals surface area contributed by atoms with Crippen LogP contribution < -0.4 is 5.32 Å². The number of unbranched alkanes of at least 4 members (excludes halogenated alkanes) is 1. The van der Waals surface area contributed by atoms with Gasteiger partial charge in [-0.05, 0) is 42.7 Å². The van der Waals surface area contributed by atoms with E-state index in [1.807, 2.05) is 0 Å². The van der Waals surface area contributed by atoms with Gasteiger partial charge in [0.15, 0.2) is 0 Å². The van der Waals surface area contributed by atoms with Gasteiger partial charge in [0, 0.05) is 12.1 Å². The minimum atomic E-state index is 0.591. The normalized spacial score (nSPS) is 34.4. The van der Waals surface area contributed by atoms with E-state index >= 15 is 0 Å². The van der Waals surface area contributed by atoms with Crippen LogP contribution in [0.3, 0.4) is 0 Å². The Balaban J connectivity index is 1.81. The summed E-state index contributed by atoms with van der Waals surface area (Å²) in [4.78, 5) is 0. The summed E-state index contributed by atoms with van der Waals surface area (Å²) in [5.41, 5.74) is 3.24. The third kappa shape index (κ3) is 2.33. The van der Waals surface area contributed by atoms with Crippen molar-refractivity contribution in [3.05, 3.63) is 35.5 Å². The molecule has 1 heteroatoms. The second-order valence-corrected chi connectivity index (χ2v) is 6.02. The molecule has 2 aliphatic carbocycles. The Morgan fingerprint density at radius 1 is 1.28 bits per heavy atom. The van der Waals surface area contributed by atoms with Gasteiger partial charge in [0.05, 0.1) is 0 Å². The molecular formula is C17H25N. The molecule has 3 aliphatic rings. The summed E-state index contributed by atoms with van der Waals surface area (Å²) in [5, 5.41) is 3.88. The number of rotatable bonds is 3. The number of hydrogen-bond acceptors (Lipinski definition) is 1. The van der Waals surface area contributed by atoms with Crippen molar-refractivity contribution >= 4 is 0 Å². The number of fused-ring (bicyclic) bond motifs is 2. The predicted octanol–water partition coefficient (Wildman–Crippen LogP) is 4.13. The molecule has 98 valence electrons. The zero-order valence-electron chi connectivity index (χ0n) is 11.5. The fourth-order valence-corrected chi connectivity index (χ4v) is 3.74. The number of allylic oxidation sites excluding steroid dienone is 2. The molecule has 0 saturated heterocycles. The highest BCUT2D eigenvalue weighted by Crippen LogP contribution is 2.38. The number of hydrogen-bond donors (Lipinski definition) is 1. The van der Waals surface area contributed by atoms with Crippen LogP contribution in [0, 0.1) is 5.92 Å². The van der Waals surface area contributed by atoms with Gasteiger partial charge in [0.1, 0.15) is 0 Å². The zero-order valence-corrected chi connectivity index (χ0v) is 11.5. The lowest BCUT2D eigenvalue weighted by atomic mass is 9.74. The van der Waals surface area contributed by atoms with Gasteiger partial charge < -0.3 is 5.32 Å². The summed E-state index contributed by atoms with van der Waals surface area (Å²) < 4.78 is 0. The van der Waals surface area contributed by atoms with Crippen molar-refractivity contribution in [2.75, 3.05) is 0 Å². The van der Waals surface area contributed by atoms with Crippen molar-refractivity contribution < 1.29 is 0 Å². The first-order valence-corrected chi connectivity index (χ1v) is 7.72. The molecular weight excluding hydrogens is 218 g/mol. The highest BCUT2D eigenvalue weighted by atomic mass is 15.0. The van der Waals surface area contributed by atoms with Gasteiger partial charge in [-0.15, -0.1) is 0 Å². The molecule has 0 amide bonds. The Hall–Kier alpha value is -0.820. The highest BCUT2D eigenvalue weighted by Gasteiger charge is 2.32. The predicted molar refractivity (Wildman–Crippen MR) is 77.5 cm³/mol.